The first-order valence-electron chi connectivity index (χ1n) is 6.66. The Balaban J connectivity index is 2.03. The summed E-state index contributed by atoms with van der Waals surface area (Å²) in [6.07, 6.45) is 0.867. The highest BCUT2D eigenvalue weighted by atomic mass is 16.5. The molecule has 20 heavy (non-hydrogen) atoms. The number of benzene rings is 2. The van der Waals surface area contributed by atoms with Gasteiger partial charge in [0.25, 0.3) is 0 Å². The lowest BCUT2D eigenvalue weighted by molar-refractivity contribution is 0.202. The summed E-state index contributed by atoms with van der Waals surface area (Å²) in [6, 6.07) is 16.1. The lowest BCUT2D eigenvalue weighted by Crippen LogP contribution is -1.99. The SMILES string of the molecule is COCCc1ccc(OCc2ccccc2)c(OC)c1. The zero-order valence-corrected chi connectivity index (χ0v) is 12.0. The average Bonchev–Trinajstić information content (AvgIpc) is 2.52. The van der Waals surface area contributed by atoms with Crippen LogP contribution >= 0.6 is 0 Å². The molecule has 0 aliphatic rings. The highest BCUT2D eigenvalue weighted by Gasteiger charge is 2.06. The maximum Gasteiger partial charge on any atom is 0.161 e. The van der Waals surface area contributed by atoms with E-state index in [0.29, 0.717) is 13.2 Å². The standard InChI is InChI=1S/C17H20O3/c1-18-11-10-14-8-9-16(17(12-14)19-2)20-13-15-6-4-3-5-7-15/h3-9,12H,10-11,13H2,1-2H3. The fourth-order valence-electron chi connectivity index (χ4n) is 1.94. The van der Waals surface area contributed by atoms with Crippen molar-refractivity contribution in [1.82, 2.24) is 0 Å². The summed E-state index contributed by atoms with van der Waals surface area (Å²) in [5.41, 5.74) is 2.31. The molecular weight excluding hydrogens is 252 g/mol. The van der Waals surface area contributed by atoms with Gasteiger partial charge in [0.15, 0.2) is 11.5 Å². The Labute approximate surface area is 120 Å². The average molecular weight is 272 g/mol. The third-order valence-electron chi connectivity index (χ3n) is 3.06. The van der Waals surface area contributed by atoms with Crippen LogP contribution < -0.4 is 9.47 Å². The highest BCUT2D eigenvalue weighted by molar-refractivity contribution is 5.43. The van der Waals surface area contributed by atoms with Gasteiger partial charge in [-0.3, -0.25) is 0 Å². The summed E-state index contributed by atoms with van der Waals surface area (Å²) in [7, 11) is 3.36. The maximum atomic E-state index is 5.82. The summed E-state index contributed by atoms with van der Waals surface area (Å²) in [6.45, 7) is 1.24. The zero-order chi connectivity index (χ0) is 14.2. The molecule has 0 spiro atoms. The van der Waals surface area contributed by atoms with Crippen molar-refractivity contribution >= 4 is 0 Å². The largest absolute Gasteiger partial charge is 0.493 e. The van der Waals surface area contributed by atoms with Crippen molar-refractivity contribution in [2.75, 3.05) is 20.8 Å². The van der Waals surface area contributed by atoms with Crippen LogP contribution in [0.5, 0.6) is 11.5 Å². The Morgan fingerprint density at radius 2 is 1.65 bits per heavy atom. The summed E-state index contributed by atoms with van der Waals surface area (Å²) in [5.74, 6) is 1.52. The van der Waals surface area contributed by atoms with E-state index >= 15 is 0 Å². The van der Waals surface area contributed by atoms with Crippen molar-refractivity contribution in [3.05, 3.63) is 59.7 Å². The highest BCUT2D eigenvalue weighted by Crippen LogP contribution is 2.29. The first-order chi connectivity index (χ1) is 9.83. The predicted molar refractivity (Wildman–Crippen MR) is 79.3 cm³/mol. The Kier molecular flexibility index (Phi) is 5.44. The summed E-state index contributed by atoms with van der Waals surface area (Å²) in [4.78, 5) is 0. The molecule has 0 fully saturated rings. The number of rotatable bonds is 7. The second kappa shape index (κ2) is 7.56. The second-order valence-corrected chi connectivity index (χ2v) is 4.50. The molecule has 0 N–H and O–H groups in total. The van der Waals surface area contributed by atoms with Crippen LogP contribution in [0.15, 0.2) is 48.5 Å². The molecule has 0 aliphatic carbocycles. The van der Waals surface area contributed by atoms with E-state index < -0.39 is 0 Å². The minimum Gasteiger partial charge on any atom is -0.493 e. The van der Waals surface area contributed by atoms with Gasteiger partial charge in [-0.15, -0.1) is 0 Å². The Hall–Kier alpha value is -2.00. The van der Waals surface area contributed by atoms with Crippen molar-refractivity contribution < 1.29 is 14.2 Å². The number of hydrogen-bond acceptors (Lipinski definition) is 3. The van der Waals surface area contributed by atoms with Gasteiger partial charge in [-0.05, 0) is 29.7 Å². The van der Waals surface area contributed by atoms with Crippen molar-refractivity contribution in [2.45, 2.75) is 13.0 Å². The molecule has 0 aromatic heterocycles. The maximum absolute atomic E-state index is 5.82. The summed E-state index contributed by atoms with van der Waals surface area (Å²) >= 11 is 0. The Morgan fingerprint density at radius 1 is 0.850 bits per heavy atom. The molecule has 0 heterocycles. The van der Waals surface area contributed by atoms with Gasteiger partial charge in [0.2, 0.25) is 0 Å². The third-order valence-corrected chi connectivity index (χ3v) is 3.06. The molecule has 0 bridgehead atoms. The van der Waals surface area contributed by atoms with Crippen molar-refractivity contribution in [1.29, 1.82) is 0 Å². The first kappa shape index (κ1) is 14.4. The third kappa shape index (κ3) is 4.00. The van der Waals surface area contributed by atoms with E-state index in [9.17, 15) is 0 Å². The van der Waals surface area contributed by atoms with Crippen LogP contribution in [-0.2, 0) is 17.8 Å². The van der Waals surface area contributed by atoms with Gasteiger partial charge in [-0.2, -0.15) is 0 Å². The summed E-state index contributed by atoms with van der Waals surface area (Å²) in [5, 5.41) is 0. The number of ether oxygens (including phenoxy) is 3. The normalized spacial score (nSPS) is 10.3. The number of methoxy groups -OCH3 is 2. The topological polar surface area (TPSA) is 27.7 Å². The lowest BCUT2D eigenvalue weighted by atomic mass is 10.1. The van der Waals surface area contributed by atoms with Gasteiger partial charge >= 0.3 is 0 Å². The minimum absolute atomic E-state index is 0.536. The van der Waals surface area contributed by atoms with Crippen LogP contribution in [0.1, 0.15) is 11.1 Å². The molecule has 2 aromatic carbocycles. The molecule has 0 unspecified atom stereocenters. The monoisotopic (exact) mass is 272 g/mol. The molecule has 0 saturated carbocycles. The fourth-order valence-corrected chi connectivity index (χ4v) is 1.94. The summed E-state index contributed by atoms with van der Waals surface area (Å²) < 4.78 is 16.3. The molecule has 0 amide bonds. The van der Waals surface area contributed by atoms with E-state index in [1.54, 1.807) is 14.2 Å². The van der Waals surface area contributed by atoms with Gasteiger partial charge in [0.05, 0.1) is 13.7 Å². The van der Waals surface area contributed by atoms with E-state index in [0.717, 1.165) is 23.5 Å². The molecule has 2 rings (SSSR count). The van der Waals surface area contributed by atoms with Gasteiger partial charge in [0.1, 0.15) is 6.61 Å². The Morgan fingerprint density at radius 3 is 2.35 bits per heavy atom. The van der Waals surface area contributed by atoms with Crippen LogP contribution in [0.3, 0.4) is 0 Å². The zero-order valence-electron chi connectivity index (χ0n) is 12.0. The van der Waals surface area contributed by atoms with E-state index in [2.05, 4.69) is 0 Å². The first-order valence-corrected chi connectivity index (χ1v) is 6.66. The molecule has 0 atom stereocenters. The minimum atomic E-state index is 0.536. The second-order valence-electron chi connectivity index (χ2n) is 4.50. The van der Waals surface area contributed by atoms with Crippen molar-refractivity contribution in [2.24, 2.45) is 0 Å². The van der Waals surface area contributed by atoms with Crippen LogP contribution in [-0.4, -0.2) is 20.8 Å². The molecule has 0 aliphatic heterocycles. The fraction of sp³-hybridized carbons (Fsp3) is 0.294. The molecule has 0 saturated heterocycles. The van der Waals surface area contributed by atoms with E-state index in [-0.39, 0.29) is 0 Å². The number of hydrogen-bond donors (Lipinski definition) is 0. The van der Waals surface area contributed by atoms with Crippen LogP contribution in [0.25, 0.3) is 0 Å². The van der Waals surface area contributed by atoms with E-state index in [1.165, 1.54) is 5.56 Å². The van der Waals surface area contributed by atoms with E-state index in [4.69, 9.17) is 14.2 Å². The Bertz CT molecular complexity index is 523. The predicted octanol–water partition coefficient (Wildman–Crippen LogP) is 3.46. The van der Waals surface area contributed by atoms with Crippen molar-refractivity contribution in [3.8, 4) is 11.5 Å². The van der Waals surface area contributed by atoms with Gasteiger partial charge in [-0.25, -0.2) is 0 Å². The van der Waals surface area contributed by atoms with Crippen LogP contribution in [0.4, 0.5) is 0 Å². The molecule has 3 heteroatoms. The van der Waals surface area contributed by atoms with Crippen molar-refractivity contribution in [3.63, 3.8) is 0 Å². The van der Waals surface area contributed by atoms with Crippen LogP contribution in [0, 0.1) is 0 Å². The van der Waals surface area contributed by atoms with Crippen LogP contribution in [0.2, 0.25) is 0 Å². The molecule has 106 valence electrons. The molecule has 3 nitrogen and oxygen atoms in total. The van der Waals surface area contributed by atoms with Gasteiger partial charge in [-0.1, -0.05) is 36.4 Å². The van der Waals surface area contributed by atoms with Gasteiger partial charge < -0.3 is 14.2 Å². The van der Waals surface area contributed by atoms with E-state index in [1.807, 2.05) is 48.5 Å². The quantitative estimate of drug-likeness (QED) is 0.772. The molecule has 2 aromatic rings. The lowest BCUT2D eigenvalue weighted by Gasteiger charge is -2.12. The molecular formula is C17H20O3. The smallest absolute Gasteiger partial charge is 0.161 e. The molecule has 0 radical (unpaired) electrons. The van der Waals surface area contributed by atoms with Gasteiger partial charge in [0, 0.05) is 7.11 Å².